The molecule has 0 heterocycles. The summed E-state index contributed by atoms with van der Waals surface area (Å²) in [6.07, 6.45) is 58.1. The maximum atomic E-state index is 10.4. The molecule has 0 saturated heterocycles. The first-order valence-corrected chi connectivity index (χ1v) is 24.0. The Hall–Kier alpha value is -1.06. The smallest absolute Gasteiger partial charge is 0.303 e. The quantitative estimate of drug-likeness (QED) is 0.0611. The lowest BCUT2D eigenvalue weighted by molar-refractivity contribution is -0.138. The fourth-order valence-corrected chi connectivity index (χ4v) is 7.42. The van der Waals surface area contributed by atoms with Crippen LogP contribution in [0.4, 0.5) is 0 Å². The van der Waals surface area contributed by atoms with E-state index in [1.807, 2.05) is 0 Å². The standard InChI is InChI=1S/2C24H48O2/c2*1-2-3-4-5-6-7-8-9-10-11-12-13-14-15-16-17-18-19-20-21-22-23-24(25)26/h2*2-23H2,1H3,(H,25,26). The number of aliphatic carboxylic acids is 2. The van der Waals surface area contributed by atoms with E-state index in [-0.39, 0.29) is 0 Å². The average molecular weight is 737 g/mol. The van der Waals surface area contributed by atoms with Crippen LogP contribution in [0.15, 0.2) is 0 Å². The van der Waals surface area contributed by atoms with Crippen molar-refractivity contribution in [2.24, 2.45) is 0 Å². The number of carboxylic acids is 2. The monoisotopic (exact) mass is 737 g/mol. The molecule has 0 spiro atoms. The van der Waals surface area contributed by atoms with Gasteiger partial charge in [0.1, 0.15) is 0 Å². The second kappa shape index (κ2) is 49.9. The minimum Gasteiger partial charge on any atom is -0.481 e. The molecule has 4 heteroatoms. The lowest BCUT2D eigenvalue weighted by Crippen LogP contribution is -1.93. The van der Waals surface area contributed by atoms with Gasteiger partial charge < -0.3 is 10.2 Å². The van der Waals surface area contributed by atoms with Gasteiger partial charge in [0.25, 0.3) is 0 Å². The molecule has 4 nitrogen and oxygen atoms in total. The molecule has 0 atom stereocenters. The first-order valence-electron chi connectivity index (χ1n) is 24.0. The van der Waals surface area contributed by atoms with Crippen LogP contribution in [0.25, 0.3) is 0 Å². The first-order chi connectivity index (χ1) is 25.5. The molecule has 0 aliphatic rings. The SMILES string of the molecule is CCCCCCCCCCCCCCCCCCCCCCCC(=O)O.CCCCCCCCCCCCCCCCCCCCCCCC(=O)O. The van der Waals surface area contributed by atoms with Crippen molar-refractivity contribution < 1.29 is 19.8 Å². The molecule has 0 aromatic heterocycles. The highest BCUT2D eigenvalue weighted by Gasteiger charge is 1.99. The lowest BCUT2D eigenvalue weighted by atomic mass is 10.0. The molecule has 0 radical (unpaired) electrons. The van der Waals surface area contributed by atoms with Crippen LogP contribution in [-0.4, -0.2) is 22.2 Å². The third-order valence-corrected chi connectivity index (χ3v) is 11.0. The van der Waals surface area contributed by atoms with E-state index in [9.17, 15) is 9.59 Å². The predicted octanol–water partition coefficient (Wildman–Crippen LogP) is 17.3. The third kappa shape index (κ3) is 55.7. The summed E-state index contributed by atoms with van der Waals surface area (Å²) < 4.78 is 0. The maximum absolute atomic E-state index is 10.4. The van der Waals surface area contributed by atoms with Crippen molar-refractivity contribution >= 4 is 11.9 Å². The molecule has 2 N–H and O–H groups in total. The second-order valence-electron chi connectivity index (χ2n) is 16.4. The van der Waals surface area contributed by atoms with Gasteiger partial charge in [0.2, 0.25) is 0 Å². The molecule has 0 amide bonds. The molecule has 52 heavy (non-hydrogen) atoms. The summed E-state index contributed by atoms with van der Waals surface area (Å²) in [4.78, 5) is 20.8. The highest BCUT2D eigenvalue weighted by atomic mass is 16.4. The Kier molecular flexibility index (Phi) is 50.9. The van der Waals surface area contributed by atoms with E-state index in [2.05, 4.69) is 13.8 Å². The third-order valence-electron chi connectivity index (χ3n) is 11.0. The molecule has 0 bridgehead atoms. The van der Waals surface area contributed by atoms with Crippen molar-refractivity contribution in [2.45, 2.75) is 296 Å². The highest BCUT2D eigenvalue weighted by molar-refractivity contribution is 5.66. The van der Waals surface area contributed by atoms with Crippen molar-refractivity contribution in [1.29, 1.82) is 0 Å². The summed E-state index contributed by atoms with van der Waals surface area (Å²) in [5, 5.41) is 17.1. The topological polar surface area (TPSA) is 74.6 Å². The molecule has 0 aromatic carbocycles. The van der Waals surface area contributed by atoms with Crippen LogP contribution in [0, 0.1) is 0 Å². The molecule has 0 aliphatic heterocycles. The maximum Gasteiger partial charge on any atom is 0.303 e. The van der Waals surface area contributed by atoms with Gasteiger partial charge in [-0.1, -0.05) is 271 Å². The van der Waals surface area contributed by atoms with Gasteiger partial charge in [-0.05, 0) is 12.8 Å². The number of rotatable bonds is 44. The second-order valence-corrected chi connectivity index (χ2v) is 16.4. The van der Waals surface area contributed by atoms with Gasteiger partial charge >= 0.3 is 11.9 Å². The van der Waals surface area contributed by atoms with E-state index in [0.717, 1.165) is 25.7 Å². The van der Waals surface area contributed by atoms with Crippen LogP contribution >= 0.6 is 0 Å². The Morgan fingerprint density at radius 3 is 0.462 bits per heavy atom. The molecular weight excluding hydrogens is 641 g/mol. The summed E-state index contributed by atoms with van der Waals surface area (Å²) in [5.74, 6) is -1.30. The molecule has 0 saturated carbocycles. The summed E-state index contributed by atoms with van der Waals surface area (Å²) >= 11 is 0. The summed E-state index contributed by atoms with van der Waals surface area (Å²) in [6, 6.07) is 0. The zero-order valence-electron chi connectivity index (χ0n) is 35.8. The Labute approximate surface area is 327 Å². The van der Waals surface area contributed by atoms with Crippen molar-refractivity contribution in [2.75, 3.05) is 0 Å². The van der Waals surface area contributed by atoms with Crippen LogP contribution in [-0.2, 0) is 9.59 Å². The molecule has 0 unspecified atom stereocenters. The number of carbonyl (C=O) groups is 2. The minimum absolute atomic E-state index is 0.346. The van der Waals surface area contributed by atoms with Crippen LogP contribution in [0.2, 0.25) is 0 Å². The predicted molar refractivity (Wildman–Crippen MR) is 230 cm³/mol. The highest BCUT2D eigenvalue weighted by Crippen LogP contribution is 2.17. The van der Waals surface area contributed by atoms with Crippen molar-refractivity contribution in [3.63, 3.8) is 0 Å². The van der Waals surface area contributed by atoms with Gasteiger partial charge in [0.05, 0.1) is 0 Å². The van der Waals surface area contributed by atoms with E-state index in [1.54, 1.807) is 0 Å². The molecule has 0 aliphatic carbocycles. The first kappa shape index (κ1) is 53.0. The van der Waals surface area contributed by atoms with Crippen LogP contribution in [0.3, 0.4) is 0 Å². The molecule has 0 aromatic rings. The van der Waals surface area contributed by atoms with Crippen LogP contribution in [0.5, 0.6) is 0 Å². The van der Waals surface area contributed by atoms with Crippen LogP contribution in [0.1, 0.15) is 296 Å². The molecule has 312 valence electrons. The molecule has 0 rings (SSSR count). The Morgan fingerprint density at radius 1 is 0.231 bits per heavy atom. The minimum atomic E-state index is -0.650. The zero-order chi connectivity index (χ0) is 38.3. The number of hydrogen-bond donors (Lipinski definition) is 2. The van der Waals surface area contributed by atoms with E-state index in [1.165, 1.54) is 244 Å². The van der Waals surface area contributed by atoms with Crippen molar-refractivity contribution in [3.8, 4) is 0 Å². The Balaban J connectivity index is 0. The summed E-state index contributed by atoms with van der Waals surface area (Å²) in [7, 11) is 0. The van der Waals surface area contributed by atoms with E-state index in [0.29, 0.717) is 12.8 Å². The zero-order valence-corrected chi connectivity index (χ0v) is 35.8. The van der Waals surface area contributed by atoms with Gasteiger partial charge in [-0.15, -0.1) is 0 Å². The Morgan fingerprint density at radius 2 is 0.346 bits per heavy atom. The largest absolute Gasteiger partial charge is 0.481 e. The number of carboxylic acid groups (broad SMARTS) is 2. The van der Waals surface area contributed by atoms with Gasteiger partial charge in [-0.2, -0.15) is 0 Å². The summed E-state index contributed by atoms with van der Waals surface area (Å²) in [5.41, 5.74) is 0. The van der Waals surface area contributed by atoms with Gasteiger partial charge in [0, 0.05) is 12.8 Å². The number of hydrogen-bond acceptors (Lipinski definition) is 2. The fourth-order valence-electron chi connectivity index (χ4n) is 7.42. The van der Waals surface area contributed by atoms with E-state index in [4.69, 9.17) is 10.2 Å². The summed E-state index contributed by atoms with van der Waals surface area (Å²) in [6.45, 7) is 4.57. The van der Waals surface area contributed by atoms with Gasteiger partial charge in [-0.25, -0.2) is 0 Å². The molecular formula is C48H96O4. The number of unbranched alkanes of at least 4 members (excludes halogenated alkanes) is 40. The van der Waals surface area contributed by atoms with E-state index < -0.39 is 11.9 Å². The van der Waals surface area contributed by atoms with Gasteiger partial charge in [0.15, 0.2) is 0 Å². The average Bonchev–Trinajstić information content (AvgIpc) is 3.13. The lowest BCUT2D eigenvalue weighted by Gasteiger charge is -2.04. The Bertz CT molecular complexity index is 607. The van der Waals surface area contributed by atoms with Crippen molar-refractivity contribution in [3.05, 3.63) is 0 Å². The fraction of sp³-hybridized carbons (Fsp3) is 0.958. The van der Waals surface area contributed by atoms with Gasteiger partial charge in [-0.3, -0.25) is 9.59 Å². The molecule has 0 fully saturated rings. The van der Waals surface area contributed by atoms with Crippen molar-refractivity contribution in [1.82, 2.24) is 0 Å². The van der Waals surface area contributed by atoms with E-state index >= 15 is 0 Å². The normalized spacial score (nSPS) is 11.1. The van der Waals surface area contributed by atoms with Crippen LogP contribution < -0.4 is 0 Å².